The molecule has 0 spiro atoms. The van der Waals surface area contributed by atoms with E-state index < -0.39 is 5.41 Å². The summed E-state index contributed by atoms with van der Waals surface area (Å²) in [5, 5.41) is 3.60. The van der Waals surface area contributed by atoms with Gasteiger partial charge < -0.3 is 5.32 Å². The summed E-state index contributed by atoms with van der Waals surface area (Å²) in [4.78, 5) is 0. The van der Waals surface area contributed by atoms with Crippen LogP contribution in [0.25, 0.3) is 16.7 Å². The molecule has 1 heterocycles. The molecule has 2 aliphatic rings. The number of anilines is 1. The van der Waals surface area contributed by atoms with Gasteiger partial charge in [0, 0.05) is 17.5 Å². The third kappa shape index (κ3) is 2.58. The van der Waals surface area contributed by atoms with Crippen molar-refractivity contribution in [3.05, 3.63) is 156 Å². The molecule has 0 saturated carbocycles. The van der Waals surface area contributed by atoms with Crippen molar-refractivity contribution in [3.8, 4) is 11.1 Å². The highest BCUT2D eigenvalue weighted by molar-refractivity contribution is 5.88. The van der Waals surface area contributed by atoms with Gasteiger partial charge in [-0.15, -0.1) is 0 Å². The highest BCUT2D eigenvalue weighted by Gasteiger charge is 2.46. The molecule has 152 valence electrons. The first kappa shape index (κ1) is 18.7. The Morgan fingerprint density at radius 3 is 1.81 bits per heavy atom. The summed E-state index contributed by atoms with van der Waals surface area (Å²) in [6, 6.07) is 36.8. The Balaban J connectivity index is 1.69. The Kier molecular flexibility index (Phi) is 4.22. The van der Waals surface area contributed by atoms with Gasteiger partial charge in [-0.05, 0) is 45.0 Å². The maximum Gasteiger partial charge on any atom is 0.0727 e. The standard InChI is InChI=1S/C31H23N/c1-22-19-20-24(21-32-30-18-10-7-13-25(22)30)31(23-11-3-2-4-12-23)28-16-8-5-14-26(28)27-15-6-9-17-29(27)31/h2-21,32H,1H2/b20-19-,24-21+. The Labute approximate surface area is 189 Å². The quantitative estimate of drug-likeness (QED) is 0.360. The Morgan fingerprint density at radius 2 is 1.12 bits per heavy atom. The predicted molar refractivity (Wildman–Crippen MR) is 135 cm³/mol. The first-order chi connectivity index (χ1) is 15.8. The van der Waals surface area contributed by atoms with Crippen molar-refractivity contribution in [2.45, 2.75) is 5.41 Å². The average molecular weight is 410 g/mol. The summed E-state index contributed by atoms with van der Waals surface area (Å²) >= 11 is 0. The molecular formula is C31H23N. The molecule has 0 amide bonds. The Hall–Kier alpha value is -4.10. The number of nitrogens with one attached hydrogen (secondary N) is 1. The zero-order chi connectivity index (χ0) is 21.5. The van der Waals surface area contributed by atoms with Crippen molar-refractivity contribution in [1.29, 1.82) is 0 Å². The summed E-state index contributed by atoms with van der Waals surface area (Å²) in [7, 11) is 0. The zero-order valence-corrected chi connectivity index (χ0v) is 17.8. The minimum atomic E-state index is -0.412. The van der Waals surface area contributed by atoms with Gasteiger partial charge >= 0.3 is 0 Å². The SMILES string of the molecule is C=C1/C=C\C(C2(c3ccccc3)c3ccccc3-c3ccccc32)=C/Nc2ccccc21. The van der Waals surface area contributed by atoms with Gasteiger partial charge in [0.15, 0.2) is 0 Å². The fourth-order valence-electron chi connectivity index (χ4n) is 5.32. The van der Waals surface area contributed by atoms with Crippen LogP contribution in [0.15, 0.2) is 134 Å². The lowest BCUT2D eigenvalue weighted by molar-refractivity contribution is 0.765. The van der Waals surface area contributed by atoms with Gasteiger partial charge in [-0.2, -0.15) is 0 Å². The molecule has 1 N–H and O–H groups in total. The maximum absolute atomic E-state index is 4.35. The molecule has 0 fully saturated rings. The second-order valence-electron chi connectivity index (χ2n) is 8.36. The summed E-state index contributed by atoms with van der Waals surface area (Å²) in [6.45, 7) is 4.35. The molecule has 0 unspecified atom stereocenters. The number of benzene rings is 4. The van der Waals surface area contributed by atoms with Crippen LogP contribution in [0.5, 0.6) is 0 Å². The second-order valence-corrected chi connectivity index (χ2v) is 8.36. The van der Waals surface area contributed by atoms with Gasteiger partial charge in [-0.25, -0.2) is 0 Å². The molecule has 0 bridgehead atoms. The number of fused-ring (bicyclic) bond motifs is 4. The van der Waals surface area contributed by atoms with Crippen molar-refractivity contribution >= 4 is 11.3 Å². The lowest BCUT2D eigenvalue weighted by Gasteiger charge is -2.35. The highest BCUT2D eigenvalue weighted by Crippen LogP contribution is 2.56. The van der Waals surface area contributed by atoms with Crippen LogP contribution in [0, 0.1) is 0 Å². The van der Waals surface area contributed by atoms with Crippen LogP contribution in [0.1, 0.15) is 22.3 Å². The van der Waals surface area contributed by atoms with Crippen molar-refractivity contribution < 1.29 is 0 Å². The predicted octanol–water partition coefficient (Wildman–Crippen LogP) is 7.58. The summed E-state index contributed by atoms with van der Waals surface area (Å²) in [6.07, 6.45) is 6.56. The van der Waals surface area contributed by atoms with Gasteiger partial charge in [0.05, 0.1) is 5.41 Å². The molecule has 1 aliphatic heterocycles. The van der Waals surface area contributed by atoms with Crippen molar-refractivity contribution in [3.63, 3.8) is 0 Å². The van der Waals surface area contributed by atoms with Crippen LogP contribution in [0.2, 0.25) is 0 Å². The molecule has 4 aromatic carbocycles. The third-order valence-corrected chi connectivity index (χ3v) is 6.71. The van der Waals surface area contributed by atoms with Crippen molar-refractivity contribution in [2.24, 2.45) is 0 Å². The molecule has 1 nitrogen and oxygen atoms in total. The highest BCUT2D eigenvalue weighted by atomic mass is 14.8. The van der Waals surface area contributed by atoms with E-state index >= 15 is 0 Å². The van der Waals surface area contributed by atoms with Crippen molar-refractivity contribution in [2.75, 3.05) is 5.32 Å². The minimum Gasteiger partial charge on any atom is -0.361 e. The number of hydrogen-bond acceptors (Lipinski definition) is 1. The van der Waals surface area contributed by atoms with E-state index in [9.17, 15) is 0 Å². The summed E-state index contributed by atoms with van der Waals surface area (Å²) in [5.74, 6) is 0. The first-order valence-electron chi connectivity index (χ1n) is 11.0. The zero-order valence-electron chi connectivity index (χ0n) is 17.8. The topological polar surface area (TPSA) is 12.0 Å². The van der Waals surface area contributed by atoms with Gasteiger partial charge in [0.1, 0.15) is 0 Å². The molecule has 1 aliphatic carbocycles. The maximum atomic E-state index is 4.35. The van der Waals surface area contributed by atoms with Crippen LogP contribution >= 0.6 is 0 Å². The van der Waals surface area contributed by atoms with Crippen LogP contribution in [0.4, 0.5) is 5.69 Å². The van der Waals surface area contributed by atoms with Gasteiger partial charge in [-0.3, -0.25) is 0 Å². The van der Waals surface area contributed by atoms with Gasteiger partial charge in [0.25, 0.3) is 0 Å². The minimum absolute atomic E-state index is 0.412. The molecule has 0 radical (unpaired) electrons. The van der Waals surface area contributed by atoms with E-state index in [1.165, 1.54) is 33.4 Å². The number of hydrogen-bond donors (Lipinski definition) is 1. The first-order valence-corrected chi connectivity index (χ1v) is 11.0. The molecule has 0 saturated heterocycles. The summed E-state index contributed by atoms with van der Waals surface area (Å²) in [5.41, 5.74) is 10.4. The van der Waals surface area contributed by atoms with Crippen LogP contribution in [-0.4, -0.2) is 0 Å². The van der Waals surface area contributed by atoms with E-state index in [0.717, 1.165) is 16.8 Å². The molecule has 4 aromatic rings. The largest absolute Gasteiger partial charge is 0.361 e. The average Bonchev–Trinajstić information content (AvgIpc) is 3.15. The fraction of sp³-hybridized carbons (Fsp3) is 0.0323. The molecular weight excluding hydrogens is 386 g/mol. The number of para-hydroxylation sites is 1. The lowest BCUT2D eigenvalue weighted by atomic mass is 9.67. The monoisotopic (exact) mass is 409 g/mol. The molecule has 32 heavy (non-hydrogen) atoms. The molecule has 6 rings (SSSR count). The van der Waals surface area contributed by atoms with Gasteiger partial charge in [0.2, 0.25) is 0 Å². The molecule has 1 heteroatoms. The molecule has 0 atom stereocenters. The normalized spacial score (nSPS) is 18.1. The van der Waals surface area contributed by atoms with E-state index in [2.05, 4.69) is 133 Å². The smallest absolute Gasteiger partial charge is 0.0727 e. The van der Waals surface area contributed by atoms with Crippen LogP contribution in [0.3, 0.4) is 0 Å². The lowest BCUT2D eigenvalue weighted by Crippen LogP contribution is -2.29. The van der Waals surface area contributed by atoms with Crippen molar-refractivity contribution in [1.82, 2.24) is 0 Å². The van der Waals surface area contributed by atoms with E-state index in [-0.39, 0.29) is 0 Å². The van der Waals surface area contributed by atoms with E-state index in [4.69, 9.17) is 0 Å². The second kappa shape index (κ2) is 7.25. The van der Waals surface area contributed by atoms with E-state index in [1.807, 2.05) is 0 Å². The van der Waals surface area contributed by atoms with E-state index in [0.29, 0.717) is 0 Å². The third-order valence-electron chi connectivity index (χ3n) is 6.71. The number of allylic oxidation sites excluding steroid dienone is 4. The Morgan fingerprint density at radius 1 is 0.562 bits per heavy atom. The fourth-order valence-corrected chi connectivity index (χ4v) is 5.32. The number of rotatable bonds is 2. The van der Waals surface area contributed by atoms with Crippen LogP contribution < -0.4 is 5.32 Å². The van der Waals surface area contributed by atoms with Crippen LogP contribution in [-0.2, 0) is 5.41 Å². The van der Waals surface area contributed by atoms with E-state index in [1.54, 1.807) is 0 Å². The van der Waals surface area contributed by atoms with Gasteiger partial charge in [-0.1, -0.05) is 116 Å². The Bertz CT molecular complexity index is 1360. The summed E-state index contributed by atoms with van der Waals surface area (Å²) < 4.78 is 0. The molecule has 0 aromatic heterocycles.